The van der Waals surface area contributed by atoms with Crippen LogP contribution in [-0.4, -0.2) is 31.4 Å². The van der Waals surface area contributed by atoms with Crippen LogP contribution in [0.2, 0.25) is 0 Å². The summed E-state index contributed by atoms with van der Waals surface area (Å²) in [6.07, 6.45) is -0.946. The summed E-state index contributed by atoms with van der Waals surface area (Å²) in [5.74, 6) is 1.05. The Morgan fingerprint density at radius 3 is 2.44 bits per heavy atom. The van der Waals surface area contributed by atoms with Crippen LogP contribution in [0, 0.1) is 6.92 Å². The Morgan fingerprint density at radius 2 is 1.81 bits per heavy atom. The van der Waals surface area contributed by atoms with Crippen LogP contribution in [0.1, 0.15) is 31.1 Å². The summed E-state index contributed by atoms with van der Waals surface area (Å²) < 4.78 is 49.8. The third kappa shape index (κ3) is 3.98. The number of imidazole rings is 1. The molecular formula is C23H22F3N5O. The van der Waals surface area contributed by atoms with Gasteiger partial charge in [-0.05, 0) is 45.0 Å². The fraction of sp³-hybridized carbons (Fsp3) is 0.261. The molecule has 0 amide bonds. The van der Waals surface area contributed by atoms with E-state index in [1.165, 1.54) is 16.8 Å². The third-order valence-electron chi connectivity index (χ3n) is 5.02. The van der Waals surface area contributed by atoms with Gasteiger partial charge in [0.15, 0.2) is 11.6 Å². The van der Waals surface area contributed by atoms with Crippen molar-refractivity contribution in [2.75, 3.05) is 7.11 Å². The van der Waals surface area contributed by atoms with Crippen molar-refractivity contribution in [2.24, 2.45) is 0 Å². The van der Waals surface area contributed by atoms with E-state index in [0.29, 0.717) is 17.1 Å². The molecule has 0 radical (unpaired) electrons. The lowest BCUT2D eigenvalue weighted by Gasteiger charge is -2.14. The number of hydrogen-bond acceptors (Lipinski definition) is 4. The van der Waals surface area contributed by atoms with Crippen LogP contribution in [0.5, 0.6) is 5.75 Å². The highest BCUT2D eigenvalue weighted by atomic mass is 19.4. The Balaban J connectivity index is 1.84. The zero-order chi connectivity index (χ0) is 23.0. The number of aryl methyl sites for hydroxylation is 1. The van der Waals surface area contributed by atoms with E-state index in [4.69, 9.17) is 4.74 Å². The lowest BCUT2D eigenvalue weighted by Crippen LogP contribution is -2.11. The first-order valence-corrected chi connectivity index (χ1v) is 10.0. The van der Waals surface area contributed by atoms with Crippen LogP contribution in [0.25, 0.3) is 28.5 Å². The minimum Gasteiger partial charge on any atom is -0.495 e. The minimum absolute atomic E-state index is 0.00933. The van der Waals surface area contributed by atoms with Crippen molar-refractivity contribution in [3.05, 3.63) is 66.2 Å². The monoisotopic (exact) mass is 441 g/mol. The van der Waals surface area contributed by atoms with Crippen LogP contribution >= 0.6 is 0 Å². The quantitative estimate of drug-likeness (QED) is 0.398. The lowest BCUT2D eigenvalue weighted by atomic mass is 10.1. The molecule has 0 aliphatic heterocycles. The van der Waals surface area contributed by atoms with Gasteiger partial charge in [0.2, 0.25) is 0 Å². The normalized spacial score (nSPS) is 11.9. The zero-order valence-corrected chi connectivity index (χ0v) is 18.1. The van der Waals surface area contributed by atoms with Crippen LogP contribution in [-0.2, 0) is 6.18 Å². The zero-order valence-electron chi connectivity index (χ0n) is 18.1. The third-order valence-corrected chi connectivity index (χ3v) is 5.02. The second-order valence-electron chi connectivity index (χ2n) is 7.65. The standard InChI is InChI=1S/C23H22F3N5O/c1-14(2)31-22(17-7-5-6-8-18(17)23(24,25)26)28-21(29-31)16-9-10-19(20(11-16)32-4)30-12-15(3)27-13-30/h5-14H,1-4H3. The second kappa shape index (κ2) is 8.14. The molecule has 4 aromatic rings. The molecule has 9 heteroatoms. The van der Waals surface area contributed by atoms with Crippen molar-refractivity contribution in [3.8, 4) is 34.2 Å². The molecule has 0 fully saturated rings. The average Bonchev–Trinajstić information content (AvgIpc) is 3.39. The van der Waals surface area contributed by atoms with Crippen molar-refractivity contribution >= 4 is 0 Å². The maximum atomic E-state index is 13.6. The van der Waals surface area contributed by atoms with Gasteiger partial charge in [0.1, 0.15) is 5.75 Å². The fourth-order valence-corrected chi connectivity index (χ4v) is 3.50. The van der Waals surface area contributed by atoms with Gasteiger partial charge < -0.3 is 9.30 Å². The molecule has 0 atom stereocenters. The van der Waals surface area contributed by atoms with E-state index in [1.54, 1.807) is 25.6 Å². The Morgan fingerprint density at radius 1 is 1.06 bits per heavy atom. The minimum atomic E-state index is -4.50. The molecule has 0 N–H and O–H groups in total. The number of halogens is 3. The highest BCUT2D eigenvalue weighted by molar-refractivity contribution is 5.67. The van der Waals surface area contributed by atoms with E-state index in [2.05, 4.69) is 15.1 Å². The molecule has 6 nitrogen and oxygen atoms in total. The topological polar surface area (TPSA) is 57.8 Å². The van der Waals surface area contributed by atoms with E-state index < -0.39 is 11.7 Å². The van der Waals surface area contributed by atoms with E-state index in [9.17, 15) is 13.2 Å². The molecule has 0 saturated heterocycles. The molecule has 4 rings (SSSR count). The summed E-state index contributed by atoms with van der Waals surface area (Å²) in [6, 6.07) is 10.6. The highest BCUT2D eigenvalue weighted by Gasteiger charge is 2.35. The van der Waals surface area contributed by atoms with Crippen LogP contribution in [0.15, 0.2) is 55.0 Å². The molecule has 2 heterocycles. The molecule has 2 aromatic heterocycles. The van der Waals surface area contributed by atoms with Crippen LogP contribution < -0.4 is 4.74 Å². The first kappa shape index (κ1) is 21.6. The SMILES string of the molecule is COc1cc(-c2nc(-c3ccccc3C(F)(F)F)n(C(C)C)n2)ccc1-n1cnc(C)c1. The maximum absolute atomic E-state index is 13.6. The molecule has 0 bridgehead atoms. The number of rotatable bonds is 5. The van der Waals surface area contributed by atoms with Gasteiger partial charge in [0.25, 0.3) is 0 Å². The number of aromatic nitrogens is 5. The van der Waals surface area contributed by atoms with Crippen LogP contribution in [0.4, 0.5) is 13.2 Å². The maximum Gasteiger partial charge on any atom is 0.417 e. The Labute approximate surface area is 183 Å². The van der Waals surface area contributed by atoms with Crippen LogP contribution in [0.3, 0.4) is 0 Å². The summed E-state index contributed by atoms with van der Waals surface area (Å²) in [6.45, 7) is 5.59. The van der Waals surface area contributed by atoms with Crippen molar-refractivity contribution in [1.82, 2.24) is 24.3 Å². The van der Waals surface area contributed by atoms with Gasteiger partial charge >= 0.3 is 6.18 Å². The van der Waals surface area contributed by atoms with E-state index >= 15 is 0 Å². The molecule has 32 heavy (non-hydrogen) atoms. The number of benzene rings is 2. The summed E-state index contributed by atoms with van der Waals surface area (Å²) in [7, 11) is 1.55. The van der Waals surface area contributed by atoms with Gasteiger partial charge in [-0.15, -0.1) is 0 Å². The molecular weight excluding hydrogens is 419 g/mol. The van der Waals surface area contributed by atoms with Gasteiger partial charge in [0.05, 0.1) is 30.4 Å². The molecule has 2 aromatic carbocycles. The molecule has 0 aliphatic carbocycles. The number of hydrogen-bond donors (Lipinski definition) is 0. The first-order chi connectivity index (χ1) is 15.2. The summed E-state index contributed by atoms with van der Waals surface area (Å²) in [4.78, 5) is 8.74. The van der Waals surface area contributed by atoms with Gasteiger partial charge in [-0.25, -0.2) is 14.6 Å². The Hall–Kier alpha value is -3.62. The van der Waals surface area contributed by atoms with Crippen molar-refractivity contribution in [1.29, 1.82) is 0 Å². The fourth-order valence-electron chi connectivity index (χ4n) is 3.50. The van der Waals surface area contributed by atoms with Gasteiger partial charge in [-0.2, -0.15) is 18.3 Å². The van der Waals surface area contributed by atoms with Gasteiger partial charge in [-0.3, -0.25) is 0 Å². The van der Waals surface area contributed by atoms with Crippen molar-refractivity contribution < 1.29 is 17.9 Å². The number of methoxy groups -OCH3 is 1. The van der Waals surface area contributed by atoms with Gasteiger partial charge in [0, 0.05) is 23.4 Å². The molecule has 0 saturated carbocycles. The molecule has 166 valence electrons. The lowest BCUT2D eigenvalue weighted by molar-refractivity contribution is -0.137. The predicted molar refractivity (Wildman–Crippen MR) is 115 cm³/mol. The van der Waals surface area contributed by atoms with Gasteiger partial charge in [-0.1, -0.05) is 18.2 Å². The first-order valence-electron chi connectivity index (χ1n) is 10.0. The second-order valence-corrected chi connectivity index (χ2v) is 7.65. The summed E-state index contributed by atoms with van der Waals surface area (Å²) in [5.41, 5.74) is 1.52. The smallest absolute Gasteiger partial charge is 0.417 e. The highest BCUT2D eigenvalue weighted by Crippen LogP contribution is 2.38. The summed E-state index contributed by atoms with van der Waals surface area (Å²) >= 11 is 0. The number of nitrogens with zero attached hydrogens (tertiary/aromatic N) is 5. The summed E-state index contributed by atoms with van der Waals surface area (Å²) in [5, 5.41) is 4.52. The Kier molecular flexibility index (Phi) is 5.50. The molecule has 0 spiro atoms. The Bertz CT molecular complexity index is 1260. The van der Waals surface area contributed by atoms with E-state index in [0.717, 1.165) is 17.4 Å². The van der Waals surface area contributed by atoms with Crippen molar-refractivity contribution in [2.45, 2.75) is 33.0 Å². The molecule has 0 aliphatic rings. The molecule has 0 unspecified atom stereocenters. The predicted octanol–water partition coefficient (Wildman–Crippen LogP) is 5.71. The van der Waals surface area contributed by atoms with E-state index in [-0.39, 0.29) is 17.4 Å². The largest absolute Gasteiger partial charge is 0.495 e. The van der Waals surface area contributed by atoms with Crippen molar-refractivity contribution in [3.63, 3.8) is 0 Å². The number of alkyl halides is 3. The average molecular weight is 441 g/mol. The number of ether oxygens (including phenoxy) is 1. The van der Waals surface area contributed by atoms with E-state index in [1.807, 2.05) is 43.7 Å².